The lowest BCUT2D eigenvalue weighted by Gasteiger charge is -2.11. The summed E-state index contributed by atoms with van der Waals surface area (Å²) in [6.07, 6.45) is 5.34. The molecule has 0 aliphatic heterocycles. The smallest absolute Gasteiger partial charge is 0.230 e. The first-order valence-electron chi connectivity index (χ1n) is 7.87. The van der Waals surface area contributed by atoms with Crippen LogP contribution in [0.2, 0.25) is 5.02 Å². The van der Waals surface area contributed by atoms with Crippen LogP contribution in [-0.2, 0) is 17.9 Å². The summed E-state index contributed by atoms with van der Waals surface area (Å²) in [6, 6.07) is 7.60. The number of halogens is 3. The van der Waals surface area contributed by atoms with Crippen LogP contribution in [0, 0.1) is 5.92 Å². The SMILES string of the molecule is CC(Cn1cc(Br)cn1)C(=O)Nc1nn(Cc2ccccc2Cl)cc1Br. The van der Waals surface area contributed by atoms with E-state index in [1.807, 2.05) is 43.6 Å². The number of nitrogens with one attached hydrogen (secondary N) is 1. The van der Waals surface area contributed by atoms with Gasteiger partial charge in [-0.2, -0.15) is 10.2 Å². The molecular weight excluding hydrogens is 485 g/mol. The van der Waals surface area contributed by atoms with Gasteiger partial charge in [0.15, 0.2) is 5.82 Å². The molecule has 0 aliphatic rings. The summed E-state index contributed by atoms with van der Waals surface area (Å²) in [6.45, 7) is 2.85. The van der Waals surface area contributed by atoms with E-state index in [9.17, 15) is 4.79 Å². The zero-order valence-corrected chi connectivity index (χ0v) is 17.8. The van der Waals surface area contributed by atoms with E-state index in [1.54, 1.807) is 15.6 Å². The maximum atomic E-state index is 12.4. The molecule has 26 heavy (non-hydrogen) atoms. The molecule has 136 valence electrons. The van der Waals surface area contributed by atoms with E-state index in [0.29, 0.717) is 28.4 Å². The molecule has 0 fully saturated rings. The third kappa shape index (κ3) is 4.75. The van der Waals surface area contributed by atoms with Crippen LogP contribution in [0.3, 0.4) is 0 Å². The van der Waals surface area contributed by atoms with Gasteiger partial charge >= 0.3 is 0 Å². The van der Waals surface area contributed by atoms with Crippen LogP contribution in [0.15, 0.2) is 51.8 Å². The Kier molecular flexibility index (Phi) is 6.16. The van der Waals surface area contributed by atoms with Gasteiger partial charge in [-0.1, -0.05) is 36.7 Å². The van der Waals surface area contributed by atoms with E-state index in [4.69, 9.17) is 11.6 Å². The van der Waals surface area contributed by atoms with Crippen molar-refractivity contribution in [3.8, 4) is 0 Å². The van der Waals surface area contributed by atoms with Crippen molar-refractivity contribution in [1.82, 2.24) is 19.6 Å². The van der Waals surface area contributed by atoms with E-state index in [2.05, 4.69) is 47.4 Å². The molecule has 2 aromatic heterocycles. The van der Waals surface area contributed by atoms with E-state index in [0.717, 1.165) is 10.0 Å². The van der Waals surface area contributed by atoms with Crippen LogP contribution in [0.4, 0.5) is 5.82 Å². The first-order valence-corrected chi connectivity index (χ1v) is 9.84. The Balaban J connectivity index is 1.65. The summed E-state index contributed by atoms with van der Waals surface area (Å²) in [7, 11) is 0. The van der Waals surface area contributed by atoms with Crippen LogP contribution >= 0.6 is 43.5 Å². The summed E-state index contributed by atoms with van der Waals surface area (Å²) in [5.41, 5.74) is 0.958. The van der Waals surface area contributed by atoms with Crippen molar-refractivity contribution >= 4 is 55.2 Å². The zero-order valence-electron chi connectivity index (χ0n) is 13.9. The number of carbonyl (C=O) groups excluding carboxylic acids is 1. The van der Waals surface area contributed by atoms with Gasteiger partial charge < -0.3 is 5.32 Å². The average molecular weight is 502 g/mol. The number of nitrogens with zero attached hydrogens (tertiary/aromatic N) is 4. The number of benzene rings is 1. The molecule has 0 bridgehead atoms. The Labute approximate surface area is 172 Å². The third-order valence-electron chi connectivity index (χ3n) is 3.76. The van der Waals surface area contributed by atoms with Crippen molar-refractivity contribution in [2.45, 2.75) is 20.0 Å². The molecule has 1 aromatic carbocycles. The number of hydrogen-bond donors (Lipinski definition) is 1. The molecule has 2 heterocycles. The van der Waals surface area contributed by atoms with Crippen molar-refractivity contribution in [2.75, 3.05) is 5.32 Å². The highest BCUT2D eigenvalue weighted by molar-refractivity contribution is 9.10. The molecule has 9 heteroatoms. The molecule has 3 rings (SSSR count). The normalized spacial score (nSPS) is 12.2. The maximum Gasteiger partial charge on any atom is 0.230 e. The maximum absolute atomic E-state index is 12.4. The molecule has 6 nitrogen and oxygen atoms in total. The number of aromatic nitrogens is 4. The Bertz CT molecular complexity index is 924. The van der Waals surface area contributed by atoms with Gasteiger partial charge in [-0.05, 0) is 43.5 Å². The molecule has 0 saturated heterocycles. The summed E-state index contributed by atoms with van der Waals surface area (Å²) >= 11 is 13.0. The Morgan fingerprint density at radius 2 is 2.04 bits per heavy atom. The lowest BCUT2D eigenvalue weighted by atomic mass is 10.1. The van der Waals surface area contributed by atoms with Gasteiger partial charge in [0.05, 0.1) is 34.1 Å². The summed E-state index contributed by atoms with van der Waals surface area (Å²) < 4.78 is 5.05. The quantitative estimate of drug-likeness (QED) is 0.538. The van der Waals surface area contributed by atoms with Gasteiger partial charge in [0.2, 0.25) is 5.91 Å². The molecule has 3 aromatic rings. The van der Waals surface area contributed by atoms with Gasteiger partial charge in [-0.3, -0.25) is 14.2 Å². The highest BCUT2D eigenvalue weighted by Crippen LogP contribution is 2.23. The number of carbonyl (C=O) groups is 1. The van der Waals surface area contributed by atoms with Gasteiger partial charge in [0, 0.05) is 17.4 Å². The van der Waals surface area contributed by atoms with Crippen LogP contribution in [0.5, 0.6) is 0 Å². The summed E-state index contributed by atoms with van der Waals surface area (Å²) in [5, 5.41) is 12.1. The van der Waals surface area contributed by atoms with Crippen molar-refractivity contribution in [3.63, 3.8) is 0 Å². The van der Waals surface area contributed by atoms with Gasteiger partial charge in [-0.25, -0.2) is 0 Å². The second-order valence-electron chi connectivity index (χ2n) is 5.89. The average Bonchev–Trinajstić information content (AvgIpc) is 3.15. The first kappa shape index (κ1) is 19.1. The number of anilines is 1. The second-order valence-corrected chi connectivity index (χ2v) is 8.06. The molecule has 0 aliphatic carbocycles. The number of hydrogen-bond acceptors (Lipinski definition) is 3. The third-order valence-corrected chi connectivity index (χ3v) is 5.12. The van der Waals surface area contributed by atoms with Crippen molar-refractivity contribution in [1.29, 1.82) is 0 Å². The largest absolute Gasteiger partial charge is 0.308 e. The van der Waals surface area contributed by atoms with E-state index < -0.39 is 0 Å². The van der Waals surface area contributed by atoms with Crippen LogP contribution in [0.25, 0.3) is 0 Å². The lowest BCUT2D eigenvalue weighted by molar-refractivity contribution is -0.119. The van der Waals surface area contributed by atoms with Crippen LogP contribution in [0.1, 0.15) is 12.5 Å². The van der Waals surface area contributed by atoms with Crippen LogP contribution in [-0.4, -0.2) is 25.5 Å². The summed E-state index contributed by atoms with van der Waals surface area (Å²) in [4.78, 5) is 12.4. The number of rotatable bonds is 6. The molecule has 1 amide bonds. The highest BCUT2D eigenvalue weighted by Gasteiger charge is 2.17. The first-order chi connectivity index (χ1) is 12.4. The number of amides is 1. The zero-order chi connectivity index (χ0) is 18.7. The van der Waals surface area contributed by atoms with Crippen molar-refractivity contribution in [3.05, 3.63) is 62.4 Å². The minimum atomic E-state index is -0.262. The van der Waals surface area contributed by atoms with Gasteiger partial charge in [-0.15, -0.1) is 0 Å². The molecule has 0 radical (unpaired) electrons. The van der Waals surface area contributed by atoms with Crippen molar-refractivity contribution < 1.29 is 4.79 Å². The monoisotopic (exact) mass is 499 g/mol. The second kappa shape index (κ2) is 8.37. The summed E-state index contributed by atoms with van der Waals surface area (Å²) in [5.74, 6) is 0.0956. The van der Waals surface area contributed by atoms with E-state index in [-0.39, 0.29) is 11.8 Å². The minimum Gasteiger partial charge on any atom is -0.308 e. The molecule has 1 N–H and O–H groups in total. The fraction of sp³-hybridized carbons (Fsp3) is 0.235. The lowest BCUT2D eigenvalue weighted by Crippen LogP contribution is -2.25. The highest BCUT2D eigenvalue weighted by atomic mass is 79.9. The van der Waals surface area contributed by atoms with E-state index in [1.165, 1.54) is 0 Å². The predicted molar refractivity (Wildman–Crippen MR) is 108 cm³/mol. The fourth-order valence-corrected chi connectivity index (χ4v) is 3.34. The van der Waals surface area contributed by atoms with Crippen molar-refractivity contribution in [2.24, 2.45) is 5.92 Å². The Morgan fingerprint density at radius 3 is 2.73 bits per heavy atom. The standard InChI is InChI=1S/C17H16Br2ClN5O/c1-11(7-24-9-13(18)6-21-24)17(26)22-16-14(19)10-25(23-16)8-12-4-2-3-5-15(12)20/h2-6,9-11H,7-8H2,1H3,(H,22,23,26). The van der Waals surface area contributed by atoms with Gasteiger partial charge in [0.25, 0.3) is 0 Å². The van der Waals surface area contributed by atoms with Gasteiger partial charge in [0.1, 0.15) is 0 Å². The minimum absolute atomic E-state index is 0.125. The Morgan fingerprint density at radius 1 is 1.27 bits per heavy atom. The van der Waals surface area contributed by atoms with E-state index >= 15 is 0 Å². The predicted octanol–water partition coefficient (Wildman–Crippen LogP) is 4.58. The fourth-order valence-electron chi connectivity index (χ4n) is 2.41. The Hall–Kier alpha value is -1.64. The molecular formula is C17H16Br2ClN5O. The molecule has 1 unspecified atom stereocenters. The molecule has 1 atom stereocenters. The topological polar surface area (TPSA) is 64.7 Å². The molecule has 0 saturated carbocycles. The van der Waals surface area contributed by atoms with Crippen LogP contribution < -0.4 is 5.32 Å². The molecule has 0 spiro atoms.